The van der Waals surface area contributed by atoms with Crippen LogP contribution in [-0.2, 0) is 11.2 Å². The first-order chi connectivity index (χ1) is 15.3. The van der Waals surface area contributed by atoms with Crippen molar-refractivity contribution in [1.82, 2.24) is 15.1 Å². The standard InChI is InChI=1S/C25H18N4O2/c30-22(15-17-7-2-1-3-8-17)28-25-23(21-13-14-26-16-27-21)24(29-31-25)20-12-6-10-18-9-4-5-11-19(18)20/h1-14,16H,15H2,(H,28,30). The summed E-state index contributed by atoms with van der Waals surface area (Å²) in [6.07, 6.45) is 3.34. The lowest BCUT2D eigenvalue weighted by Gasteiger charge is -2.07. The molecular weight excluding hydrogens is 388 g/mol. The van der Waals surface area contributed by atoms with Crippen molar-refractivity contribution < 1.29 is 9.32 Å². The fourth-order valence-electron chi connectivity index (χ4n) is 3.62. The lowest BCUT2D eigenvalue weighted by molar-refractivity contribution is -0.115. The van der Waals surface area contributed by atoms with Crippen LogP contribution in [0.25, 0.3) is 33.3 Å². The summed E-state index contributed by atoms with van der Waals surface area (Å²) in [7, 11) is 0. The second-order valence-electron chi connectivity index (χ2n) is 7.07. The molecule has 0 saturated heterocycles. The Kier molecular flexibility index (Phi) is 4.94. The molecule has 0 bridgehead atoms. The SMILES string of the molecule is O=C(Cc1ccccc1)Nc1onc(-c2cccc3ccccc23)c1-c1ccncn1. The smallest absolute Gasteiger partial charge is 0.241 e. The molecule has 0 atom stereocenters. The van der Waals surface area contributed by atoms with Gasteiger partial charge in [0.15, 0.2) is 0 Å². The predicted octanol–water partition coefficient (Wildman–Crippen LogP) is 5.13. The number of benzene rings is 3. The minimum atomic E-state index is -0.192. The zero-order valence-electron chi connectivity index (χ0n) is 16.5. The Balaban J connectivity index is 1.59. The molecule has 0 spiro atoms. The molecule has 5 aromatic rings. The molecule has 1 N–H and O–H groups in total. The molecule has 0 aliphatic carbocycles. The Morgan fingerprint density at radius 1 is 0.903 bits per heavy atom. The summed E-state index contributed by atoms with van der Waals surface area (Å²) in [5, 5.41) is 9.32. The molecule has 1 amide bonds. The number of aromatic nitrogens is 3. The van der Waals surface area contributed by atoms with Gasteiger partial charge in [-0.05, 0) is 22.4 Å². The highest BCUT2D eigenvalue weighted by atomic mass is 16.5. The molecule has 2 aromatic heterocycles. The Morgan fingerprint density at radius 3 is 2.55 bits per heavy atom. The fraction of sp³-hybridized carbons (Fsp3) is 0.0400. The van der Waals surface area contributed by atoms with Crippen molar-refractivity contribution in [2.45, 2.75) is 6.42 Å². The summed E-state index contributed by atoms with van der Waals surface area (Å²) in [4.78, 5) is 21.1. The van der Waals surface area contributed by atoms with E-state index in [1.807, 2.05) is 72.8 Å². The van der Waals surface area contributed by atoms with Gasteiger partial charge in [-0.25, -0.2) is 9.97 Å². The van der Waals surface area contributed by atoms with Gasteiger partial charge in [0.25, 0.3) is 0 Å². The van der Waals surface area contributed by atoms with Crippen LogP contribution in [0.15, 0.2) is 95.9 Å². The first kappa shape index (κ1) is 18.7. The van der Waals surface area contributed by atoms with Gasteiger partial charge in [-0.3, -0.25) is 10.1 Å². The van der Waals surface area contributed by atoms with Gasteiger partial charge < -0.3 is 4.52 Å². The van der Waals surface area contributed by atoms with Gasteiger partial charge in [0.05, 0.1) is 17.7 Å². The minimum Gasteiger partial charge on any atom is -0.337 e. The van der Waals surface area contributed by atoms with Gasteiger partial charge in [-0.1, -0.05) is 78.0 Å². The van der Waals surface area contributed by atoms with E-state index in [4.69, 9.17) is 4.52 Å². The van der Waals surface area contributed by atoms with Gasteiger partial charge in [0.1, 0.15) is 12.0 Å². The van der Waals surface area contributed by atoms with Crippen LogP contribution >= 0.6 is 0 Å². The average Bonchev–Trinajstić information content (AvgIpc) is 3.23. The van der Waals surface area contributed by atoms with Crippen molar-refractivity contribution in [2.24, 2.45) is 0 Å². The highest BCUT2D eigenvalue weighted by molar-refractivity contribution is 6.02. The van der Waals surface area contributed by atoms with E-state index in [-0.39, 0.29) is 18.2 Å². The molecule has 0 radical (unpaired) electrons. The van der Waals surface area contributed by atoms with Crippen LogP contribution in [0.3, 0.4) is 0 Å². The van der Waals surface area contributed by atoms with Crippen LogP contribution in [0.2, 0.25) is 0 Å². The van der Waals surface area contributed by atoms with E-state index >= 15 is 0 Å². The highest BCUT2D eigenvalue weighted by Gasteiger charge is 2.23. The Hall–Kier alpha value is -4.32. The number of anilines is 1. The maximum Gasteiger partial charge on any atom is 0.241 e. The van der Waals surface area contributed by atoms with Gasteiger partial charge in [-0.15, -0.1) is 0 Å². The minimum absolute atomic E-state index is 0.192. The summed E-state index contributed by atoms with van der Waals surface area (Å²) in [6, 6.07) is 25.4. The summed E-state index contributed by atoms with van der Waals surface area (Å²) >= 11 is 0. The molecule has 2 heterocycles. The molecular formula is C25H18N4O2. The van der Waals surface area contributed by atoms with Crippen LogP contribution < -0.4 is 5.32 Å². The third-order valence-corrected chi connectivity index (χ3v) is 5.04. The molecule has 0 saturated carbocycles. The predicted molar refractivity (Wildman–Crippen MR) is 119 cm³/mol. The first-order valence-corrected chi connectivity index (χ1v) is 9.87. The van der Waals surface area contributed by atoms with Crippen molar-refractivity contribution in [3.8, 4) is 22.5 Å². The van der Waals surface area contributed by atoms with Crippen LogP contribution in [0.1, 0.15) is 5.56 Å². The van der Waals surface area contributed by atoms with Crippen molar-refractivity contribution >= 4 is 22.6 Å². The molecule has 0 aliphatic heterocycles. The van der Waals surface area contributed by atoms with Crippen LogP contribution in [0.5, 0.6) is 0 Å². The number of carbonyl (C=O) groups is 1. The zero-order valence-corrected chi connectivity index (χ0v) is 16.5. The monoisotopic (exact) mass is 406 g/mol. The maximum atomic E-state index is 12.7. The lowest BCUT2D eigenvalue weighted by Crippen LogP contribution is -2.14. The number of carbonyl (C=O) groups excluding carboxylic acids is 1. The summed E-state index contributed by atoms with van der Waals surface area (Å²) in [5.74, 6) is 0.0738. The normalized spacial score (nSPS) is 10.8. The molecule has 31 heavy (non-hydrogen) atoms. The molecule has 150 valence electrons. The Morgan fingerprint density at radius 2 is 1.71 bits per heavy atom. The van der Waals surface area contributed by atoms with E-state index in [9.17, 15) is 4.79 Å². The van der Waals surface area contributed by atoms with E-state index in [0.29, 0.717) is 17.0 Å². The van der Waals surface area contributed by atoms with E-state index < -0.39 is 0 Å². The quantitative estimate of drug-likeness (QED) is 0.437. The van der Waals surface area contributed by atoms with E-state index in [1.165, 1.54) is 6.33 Å². The molecule has 5 rings (SSSR count). The third kappa shape index (κ3) is 3.79. The Labute approximate surface area is 178 Å². The molecule has 0 fully saturated rings. The van der Waals surface area contributed by atoms with Crippen LogP contribution in [0, 0.1) is 0 Å². The zero-order chi connectivity index (χ0) is 21.0. The largest absolute Gasteiger partial charge is 0.337 e. The summed E-state index contributed by atoms with van der Waals surface area (Å²) < 4.78 is 5.62. The number of amides is 1. The lowest BCUT2D eigenvalue weighted by atomic mass is 9.98. The number of hydrogen-bond acceptors (Lipinski definition) is 5. The van der Waals surface area contributed by atoms with Gasteiger partial charge in [0, 0.05) is 11.8 Å². The van der Waals surface area contributed by atoms with Crippen molar-refractivity contribution in [2.75, 3.05) is 5.32 Å². The molecule has 3 aromatic carbocycles. The van der Waals surface area contributed by atoms with Crippen molar-refractivity contribution in [1.29, 1.82) is 0 Å². The highest BCUT2D eigenvalue weighted by Crippen LogP contribution is 2.39. The molecule has 6 heteroatoms. The molecule has 6 nitrogen and oxygen atoms in total. The number of fused-ring (bicyclic) bond motifs is 1. The molecule has 0 aliphatic rings. The number of nitrogens with one attached hydrogen (secondary N) is 1. The van der Waals surface area contributed by atoms with Crippen LogP contribution in [-0.4, -0.2) is 21.0 Å². The van der Waals surface area contributed by atoms with Gasteiger partial charge >= 0.3 is 0 Å². The summed E-state index contributed by atoms with van der Waals surface area (Å²) in [6.45, 7) is 0. The maximum absolute atomic E-state index is 12.7. The van der Waals surface area contributed by atoms with E-state index in [2.05, 4.69) is 20.4 Å². The van der Waals surface area contributed by atoms with Gasteiger partial charge in [0.2, 0.25) is 11.8 Å². The van der Waals surface area contributed by atoms with E-state index in [1.54, 1.807) is 12.3 Å². The topological polar surface area (TPSA) is 80.9 Å². The van der Waals surface area contributed by atoms with Crippen LogP contribution in [0.4, 0.5) is 5.88 Å². The second-order valence-corrected chi connectivity index (χ2v) is 7.07. The van der Waals surface area contributed by atoms with Gasteiger partial charge in [-0.2, -0.15) is 0 Å². The number of nitrogens with zero attached hydrogens (tertiary/aromatic N) is 3. The van der Waals surface area contributed by atoms with Crippen molar-refractivity contribution in [3.05, 3.63) is 97.0 Å². The first-order valence-electron chi connectivity index (χ1n) is 9.87. The molecule has 0 unspecified atom stereocenters. The fourth-order valence-corrected chi connectivity index (χ4v) is 3.62. The van der Waals surface area contributed by atoms with E-state index in [0.717, 1.165) is 21.9 Å². The average molecular weight is 406 g/mol. The van der Waals surface area contributed by atoms with Crippen molar-refractivity contribution in [3.63, 3.8) is 0 Å². The number of hydrogen-bond donors (Lipinski definition) is 1. The Bertz CT molecular complexity index is 1340. The second kappa shape index (κ2) is 8.20. The summed E-state index contributed by atoms with van der Waals surface area (Å²) in [5.41, 5.74) is 3.68. The third-order valence-electron chi connectivity index (χ3n) is 5.04. The number of rotatable bonds is 5.